The predicted octanol–water partition coefficient (Wildman–Crippen LogP) is 5.64. The molecule has 136 valence electrons. The fraction of sp³-hybridized carbons (Fsp3) is 0.211. The van der Waals surface area contributed by atoms with Gasteiger partial charge in [0.05, 0.1) is 17.6 Å². The number of benzene rings is 2. The monoisotopic (exact) mass is 426 g/mol. The summed E-state index contributed by atoms with van der Waals surface area (Å²) in [6.45, 7) is 0.236. The van der Waals surface area contributed by atoms with Crippen molar-refractivity contribution in [2.24, 2.45) is 0 Å². The lowest BCUT2D eigenvalue weighted by Gasteiger charge is -2.12. The summed E-state index contributed by atoms with van der Waals surface area (Å²) in [5, 5.41) is 0.512. The van der Waals surface area contributed by atoms with E-state index in [-0.39, 0.29) is 29.1 Å². The van der Waals surface area contributed by atoms with Crippen LogP contribution < -0.4 is 10.2 Å². The Bertz CT molecular complexity index is 965. The lowest BCUT2D eigenvalue weighted by molar-refractivity contribution is -0.137. The fourth-order valence-corrected chi connectivity index (χ4v) is 2.72. The Kier molecular flexibility index (Phi) is 5.36. The van der Waals surface area contributed by atoms with Crippen molar-refractivity contribution >= 4 is 26.9 Å². The van der Waals surface area contributed by atoms with Gasteiger partial charge in [-0.2, -0.15) is 13.2 Å². The first-order chi connectivity index (χ1) is 12.4. The van der Waals surface area contributed by atoms with Gasteiger partial charge in [-0.05, 0) is 24.6 Å². The molecular weight excluding hydrogens is 413 g/mol. The first kappa shape index (κ1) is 18.5. The molecule has 0 bridgehead atoms. The van der Waals surface area contributed by atoms with Gasteiger partial charge in [-0.1, -0.05) is 46.3 Å². The highest BCUT2D eigenvalue weighted by Gasteiger charge is 2.31. The van der Waals surface area contributed by atoms with Crippen molar-refractivity contribution < 1.29 is 22.3 Å². The van der Waals surface area contributed by atoms with Crippen molar-refractivity contribution in [3.05, 3.63) is 64.3 Å². The number of rotatable bonds is 5. The zero-order valence-corrected chi connectivity index (χ0v) is 15.1. The molecule has 2 aromatic carbocycles. The van der Waals surface area contributed by atoms with Crippen molar-refractivity contribution in [3.8, 4) is 17.1 Å². The molecule has 7 heteroatoms. The minimum absolute atomic E-state index is 0.0784. The maximum absolute atomic E-state index is 13.0. The van der Waals surface area contributed by atoms with Crippen LogP contribution in [0.2, 0.25) is 0 Å². The van der Waals surface area contributed by atoms with Gasteiger partial charge in [0, 0.05) is 10.9 Å². The number of hydrogen-bond donors (Lipinski definition) is 0. The highest BCUT2D eigenvalue weighted by Crippen LogP contribution is 2.34. The van der Waals surface area contributed by atoms with E-state index in [1.165, 1.54) is 0 Å². The van der Waals surface area contributed by atoms with Gasteiger partial charge in [0.15, 0.2) is 5.76 Å². The molecule has 0 saturated carbocycles. The molecule has 0 N–H and O–H groups in total. The van der Waals surface area contributed by atoms with Crippen LogP contribution in [0, 0.1) is 0 Å². The number of halogens is 4. The molecule has 1 heterocycles. The number of alkyl halides is 4. The second-order valence-electron chi connectivity index (χ2n) is 5.56. The molecule has 3 aromatic rings. The quantitative estimate of drug-likeness (QED) is 0.391. The number of ether oxygens (including phenoxy) is 1. The van der Waals surface area contributed by atoms with Crippen molar-refractivity contribution in [2.45, 2.75) is 12.6 Å². The van der Waals surface area contributed by atoms with Gasteiger partial charge < -0.3 is 9.15 Å². The second kappa shape index (κ2) is 7.53. The Morgan fingerprint density at radius 3 is 2.46 bits per heavy atom. The topological polar surface area (TPSA) is 39.4 Å². The Balaban J connectivity index is 2.22. The van der Waals surface area contributed by atoms with Gasteiger partial charge in [-0.25, -0.2) is 0 Å². The summed E-state index contributed by atoms with van der Waals surface area (Å²) in [5.74, 6) is 0.126. The van der Waals surface area contributed by atoms with E-state index < -0.39 is 17.2 Å². The average molecular weight is 427 g/mol. The largest absolute Gasteiger partial charge is 0.486 e. The van der Waals surface area contributed by atoms with Crippen molar-refractivity contribution in [2.75, 3.05) is 11.9 Å². The third-order valence-corrected chi connectivity index (χ3v) is 4.30. The third-order valence-electron chi connectivity index (χ3n) is 3.74. The van der Waals surface area contributed by atoms with Crippen LogP contribution in [-0.4, -0.2) is 11.9 Å². The minimum Gasteiger partial charge on any atom is -0.486 e. The summed E-state index contributed by atoms with van der Waals surface area (Å²) in [4.78, 5) is 12.8. The molecule has 0 atom stereocenters. The van der Waals surface area contributed by atoms with Gasteiger partial charge >= 0.3 is 6.18 Å². The third kappa shape index (κ3) is 3.77. The molecule has 0 radical (unpaired) electrons. The minimum atomic E-state index is -4.55. The first-order valence-corrected chi connectivity index (χ1v) is 8.96. The molecule has 0 aliphatic rings. The number of hydrogen-bond acceptors (Lipinski definition) is 3. The van der Waals surface area contributed by atoms with Gasteiger partial charge in [0.2, 0.25) is 11.2 Å². The molecule has 0 aliphatic carbocycles. The maximum atomic E-state index is 13.0. The van der Waals surface area contributed by atoms with Crippen LogP contribution in [-0.2, 0) is 6.18 Å². The molecular formula is C19H14BrF3O3. The van der Waals surface area contributed by atoms with Crippen LogP contribution >= 0.6 is 15.9 Å². The molecule has 0 spiro atoms. The molecule has 26 heavy (non-hydrogen) atoms. The highest BCUT2D eigenvalue weighted by atomic mass is 79.9. The van der Waals surface area contributed by atoms with Gasteiger partial charge in [0.25, 0.3) is 0 Å². The van der Waals surface area contributed by atoms with E-state index in [1.807, 2.05) is 6.07 Å². The smallest absolute Gasteiger partial charge is 0.416 e. The van der Waals surface area contributed by atoms with Crippen LogP contribution in [0.5, 0.6) is 5.75 Å². The Labute approximate surface area is 155 Å². The fourth-order valence-electron chi connectivity index (χ4n) is 2.49. The molecule has 0 amide bonds. The zero-order chi connectivity index (χ0) is 18.7. The summed E-state index contributed by atoms with van der Waals surface area (Å²) in [6.07, 6.45) is -3.91. The molecule has 3 rings (SSSR count). The number of fused-ring (bicyclic) bond motifs is 1. The second-order valence-corrected chi connectivity index (χ2v) is 6.35. The van der Waals surface area contributed by atoms with Crippen molar-refractivity contribution in [1.29, 1.82) is 0 Å². The molecule has 1 aromatic heterocycles. The van der Waals surface area contributed by atoms with E-state index >= 15 is 0 Å². The van der Waals surface area contributed by atoms with Crippen molar-refractivity contribution in [3.63, 3.8) is 0 Å². The van der Waals surface area contributed by atoms with Crippen LogP contribution in [0.15, 0.2) is 57.7 Å². The zero-order valence-electron chi connectivity index (χ0n) is 13.5. The molecule has 0 fully saturated rings. The molecule has 0 aliphatic heterocycles. The van der Waals surface area contributed by atoms with Crippen LogP contribution in [0.25, 0.3) is 22.3 Å². The van der Waals surface area contributed by atoms with E-state index in [0.717, 1.165) is 18.2 Å². The molecule has 0 saturated heterocycles. The predicted molar refractivity (Wildman–Crippen MR) is 96.8 cm³/mol. The summed E-state index contributed by atoms with van der Waals surface area (Å²) >= 11 is 3.27. The maximum Gasteiger partial charge on any atom is 0.416 e. The standard InChI is InChI=1S/C19H14BrF3O3/c20-9-4-10-25-18-16(24)14-11-13(19(21,22)23)7-8-15(14)26-17(18)12-5-2-1-3-6-12/h1-3,5-8,11H,4,9-10H2. The summed E-state index contributed by atoms with van der Waals surface area (Å²) in [6, 6.07) is 11.7. The van der Waals surface area contributed by atoms with Gasteiger partial charge in [-0.15, -0.1) is 0 Å². The first-order valence-electron chi connectivity index (χ1n) is 7.84. The van der Waals surface area contributed by atoms with E-state index in [2.05, 4.69) is 15.9 Å². The van der Waals surface area contributed by atoms with Gasteiger partial charge in [-0.3, -0.25) is 4.79 Å². The van der Waals surface area contributed by atoms with Gasteiger partial charge in [0.1, 0.15) is 5.58 Å². The van der Waals surface area contributed by atoms with E-state index in [0.29, 0.717) is 17.3 Å². The molecule has 3 nitrogen and oxygen atoms in total. The lowest BCUT2D eigenvalue weighted by atomic mass is 10.1. The van der Waals surface area contributed by atoms with Crippen LogP contribution in [0.3, 0.4) is 0 Å². The van der Waals surface area contributed by atoms with E-state index in [4.69, 9.17) is 9.15 Å². The van der Waals surface area contributed by atoms with Crippen molar-refractivity contribution in [1.82, 2.24) is 0 Å². The SMILES string of the molecule is O=c1c(OCCCBr)c(-c2ccccc2)oc2ccc(C(F)(F)F)cc12. The Hall–Kier alpha value is -2.28. The highest BCUT2D eigenvalue weighted by molar-refractivity contribution is 9.09. The Morgan fingerprint density at radius 2 is 1.81 bits per heavy atom. The molecule has 0 unspecified atom stereocenters. The average Bonchev–Trinajstić information content (AvgIpc) is 2.63. The Morgan fingerprint density at radius 1 is 1.08 bits per heavy atom. The van der Waals surface area contributed by atoms with E-state index in [9.17, 15) is 18.0 Å². The summed E-state index contributed by atoms with van der Waals surface area (Å²) in [5.41, 5.74) is -0.836. The van der Waals surface area contributed by atoms with E-state index in [1.54, 1.807) is 24.3 Å². The van der Waals surface area contributed by atoms with Crippen LogP contribution in [0.1, 0.15) is 12.0 Å². The normalized spacial score (nSPS) is 11.7. The van der Waals surface area contributed by atoms with Crippen LogP contribution in [0.4, 0.5) is 13.2 Å². The summed E-state index contributed by atoms with van der Waals surface area (Å²) in [7, 11) is 0. The summed E-state index contributed by atoms with van der Waals surface area (Å²) < 4.78 is 50.2. The lowest BCUT2D eigenvalue weighted by Crippen LogP contribution is -2.13.